The zero-order valence-electron chi connectivity index (χ0n) is 13.7. The lowest BCUT2D eigenvalue weighted by Crippen LogP contribution is -2.35. The molecular weight excluding hydrogens is 523 g/mol. The van der Waals surface area contributed by atoms with Crippen LogP contribution in [0.25, 0.3) is 11.2 Å². The Hall–Kier alpha value is -1.81. The summed E-state index contributed by atoms with van der Waals surface area (Å²) < 4.78 is 35.7. The number of anilines is 2. The summed E-state index contributed by atoms with van der Waals surface area (Å²) in [5, 5.41) is 13.6. The van der Waals surface area contributed by atoms with Crippen LogP contribution in [-0.2, 0) is 4.20 Å². The van der Waals surface area contributed by atoms with E-state index in [4.69, 9.17) is 17.3 Å². The monoisotopic (exact) mass is 529 g/mol. The first-order valence-electron chi connectivity index (χ1n) is 7.30. The van der Waals surface area contributed by atoms with Crippen LogP contribution in [0.4, 0.5) is 24.7 Å². The van der Waals surface area contributed by atoms with E-state index in [-0.39, 0.29) is 46.4 Å². The van der Waals surface area contributed by atoms with Crippen molar-refractivity contribution in [1.29, 1.82) is 0 Å². The Morgan fingerprint density at radius 2 is 2.10 bits per heavy atom. The van der Waals surface area contributed by atoms with Gasteiger partial charge in [-0.1, -0.05) is 17.7 Å². The molecule has 0 fully saturated rings. The van der Waals surface area contributed by atoms with E-state index >= 15 is 0 Å². The fourth-order valence-corrected chi connectivity index (χ4v) is 5.38. The zero-order valence-corrected chi connectivity index (χ0v) is 17.7. The molecular formula is C13H8BrClF3N7O2S2. The van der Waals surface area contributed by atoms with Gasteiger partial charge in [-0.3, -0.25) is 15.8 Å². The Bertz CT molecular complexity index is 1090. The summed E-state index contributed by atoms with van der Waals surface area (Å²) in [6.07, 6.45) is 1.23. The van der Waals surface area contributed by atoms with E-state index in [0.29, 0.717) is 0 Å². The van der Waals surface area contributed by atoms with Crippen LogP contribution in [0.2, 0.25) is 0 Å². The van der Waals surface area contributed by atoms with Gasteiger partial charge in [0.05, 0.1) is 12.0 Å². The molecule has 0 radical (unpaired) electrons. The van der Waals surface area contributed by atoms with E-state index in [0.717, 1.165) is 6.07 Å². The van der Waals surface area contributed by atoms with Crippen LogP contribution < -0.4 is 11.1 Å². The normalized spacial score (nSPS) is 15.7. The van der Waals surface area contributed by atoms with Crippen LogP contribution in [0.15, 0.2) is 24.5 Å². The molecule has 154 valence electrons. The van der Waals surface area contributed by atoms with Crippen molar-refractivity contribution in [3.8, 4) is 0 Å². The van der Waals surface area contributed by atoms with Crippen molar-refractivity contribution >= 4 is 73.9 Å². The highest BCUT2D eigenvalue weighted by Gasteiger charge is 2.48. The summed E-state index contributed by atoms with van der Waals surface area (Å²) >= 11 is 7.97. The summed E-state index contributed by atoms with van der Waals surface area (Å²) in [4.78, 5) is 25.7. The molecule has 0 aliphatic heterocycles. The molecule has 9 nitrogen and oxygen atoms in total. The number of alkyl halides is 3. The number of aromatic nitrogens is 4. The number of aromatic amines is 1. The zero-order chi connectivity index (χ0) is 21.4. The molecule has 4 N–H and O–H groups in total. The molecule has 16 heteroatoms. The highest BCUT2D eigenvalue weighted by atomic mass is 79.9. The van der Waals surface area contributed by atoms with E-state index in [1.165, 1.54) is 18.5 Å². The maximum absolute atomic E-state index is 14.0. The summed E-state index contributed by atoms with van der Waals surface area (Å²) in [5.74, 6) is -2.86. The van der Waals surface area contributed by atoms with Crippen molar-refractivity contribution in [2.24, 2.45) is 5.73 Å². The van der Waals surface area contributed by atoms with Gasteiger partial charge in [-0.25, -0.2) is 28.1 Å². The number of hydrogen-bond donors (Lipinski definition) is 3. The Morgan fingerprint density at radius 1 is 1.38 bits per heavy atom. The van der Waals surface area contributed by atoms with Crippen LogP contribution in [0.5, 0.6) is 0 Å². The molecule has 0 spiro atoms. The fraction of sp³-hybridized carbons (Fsp3) is 0.154. The number of benzene rings is 1. The molecule has 0 bridgehead atoms. The number of nitrogens with two attached hydrogens (primary N) is 1. The van der Waals surface area contributed by atoms with Gasteiger partial charge in [0.15, 0.2) is 28.9 Å². The molecule has 2 aromatic heterocycles. The van der Waals surface area contributed by atoms with Crippen molar-refractivity contribution in [2.75, 3.05) is 5.32 Å². The molecule has 2 atom stereocenters. The lowest BCUT2D eigenvalue weighted by Gasteiger charge is -2.24. The first kappa shape index (κ1) is 21.9. The third-order valence-electron chi connectivity index (χ3n) is 3.28. The maximum Gasteiger partial charge on any atom is 0.287 e. The maximum atomic E-state index is 14.0. The smallest absolute Gasteiger partial charge is 0.287 e. The van der Waals surface area contributed by atoms with Crippen LogP contribution in [0, 0.1) is 21.7 Å². The van der Waals surface area contributed by atoms with Crippen LogP contribution in [0.3, 0.4) is 0 Å². The summed E-state index contributed by atoms with van der Waals surface area (Å²) in [6.45, 7) is 0. The molecule has 2 unspecified atom stereocenters. The number of nitrogens with zero attached hydrogens (tertiary/aromatic N) is 4. The van der Waals surface area contributed by atoms with Gasteiger partial charge < -0.3 is 10.3 Å². The molecule has 0 saturated heterocycles. The molecule has 0 aliphatic carbocycles. The number of halogens is 5. The van der Waals surface area contributed by atoms with Crippen molar-refractivity contribution in [3.63, 3.8) is 0 Å². The number of thioether (sulfide) groups is 1. The SMILES string of the molecule is NC(S[N+](=O)[O-])(SC(F)(Cl)Br)c1nc(Nc2cccc(F)c2F)c2[nH]cnc2n1. The van der Waals surface area contributed by atoms with Crippen LogP contribution in [0.1, 0.15) is 5.82 Å². The fourth-order valence-electron chi connectivity index (χ4n) is 2.20. The minimum Gasteiger partial charge on any atom is -0.340 e. The van der Waals surface area contributed by atoms with Crippen LogP contribution >= 0.6 is 51.2 Å². The number of rotatable bonds is 7. The predicted octanol–water partition coefficient (Wildman–Crippen LogP) is 4.32. The van der Waals surface area contributed by atoms with E-state index in [9.17, 15) is 23.3 Å². The average Bonchev–Trinajstić information content (AvgIpc) is 3.05. The number of nitro groups is 1. The van der Waals surface area contributed by atoms with Gasteiger partial charge in [0.25, 0.3) is 15.3 Å². The summed E-state index contributed by atoms with van der Waals surface area (Å²) in [6, 6.07) is 3.42. The molecule has 3 rings (SSSR count). The summed E-state index contributed by atoms with van der Waals surface area (Å²) in [7, 11) is 0. The van der Waals surface area contributed by atoms with Crippen molar-refractivity contribution < 1.29 is 17.5 Å². The Kier molecular flexibility index (Phi) is 6.14. The van der Waals surface area contributed by atoms with Crippen molar-refractivity contribution in [1.82, 2.24) is 19.9 Å². The number of fused-ring (bicyclic) bond motifs is 1. The van der Waals surface area contributed by atoms with Gasteiger partial charge in [-0.05, 0) is 39.8 Å². The average molecular weight is 531 g/mol. The van der Waals surface area contributed by atoms with E-state index in [1.54, 1.807) is 0 Å². The van der Waals surface area contributed by atoms with Crippen molar-refractivity contribution in [3.05, 3.63) is 52.1 Å². The topological polar surface area (TPSA) is 136 Å². The lowest BCUT2D eigenvalue weighted by molar-refractivity contribution is -0.285. The van der Waals surface area contributed by atoms with Gasteiger partial charge in [0.1, 0.15) is 9.85 Å². The predicted molar refractivity (Wildman–Crippen MR) is 108 cm³/mol. The molecule has 0 amide bonds. The second-order valence-corrected chi connectivity index (χ2v) is 10.9. The number of hydrogen-bond acceptors (Lipinski definition) is 9. The van der Waals surface area contributed by atoms with Crippen LogP contribution in [-0.4, -0.2) is 27.6 Å². The van der Waals surface area contributed by atoms with E-state index in [1.807, 2.05) is 0 Å². The molecule has 1 aromatic carbocycles. The molecule has 2 heterocycles. The second kappa shape index (κ2) is 8.14. The number of imidazole rings is 1. The highest BCUT2D eigenvalue weighted by Crippen LogP contribution is 2.52. The molecule has 0 saturated carbocycles. The number of H-pyrrole nitrogens is 1. The van der Waals surface area contributed by atoms with Gasteiger partial charge in [-0.15, -0.1) is 0 Å². The Balaban J connectivity index is 2.13. The second-order valence-electron chi connectivity index (χ2n) is 5.25. The minimum absolute atomic E-state index is 0.0118. The third-order valence-corrected chi connectivity index (χ3v) is 5.79. The van der Waals surface area contributed by atoms with E-state index < -0.39 is 29.4 Å². The molecule has 0 aliphatic rings. The highest BCUT2D eigenvalue weighted by molar-refractivity contribution is 9.12. The quantitative estimate of drug-likeness (QED) is 0.134. The van der Waals surface area contributed by atoms with Crippen molar-refractivity contribution in [2.45, 2.75) is 7.57 Å². The lowest BCUT2D eigenvalue weighted by atomic mass is 10.3. The van der Waals surface area contributed by atoms with E-state index in [2.05, 4.69) is 41.2 Å². The third kappa shape index (κ3) is 5.03. The standard InChI is InChI=1S/C13H8BrClF3N7O2S2/c14-13(15,18)28-12(19,29-25(26)27)11-23-9-8(20-4-21-9)10(24-11)22-6-3-1-2-5(16)7(6)17/h1-4H,19H2,(H2,20,21,22,23,24). The van der Waals surface area contributed by atoms with Gasteiger partial charge in [0, 0.05) is 0 Å². The largest absolute Gasteiger partial charge is 0.340 e. The van der Waals surface area contributed by atoms with Gasteiger partial charge >= 0.3 is 0 Å². The first-order valence-corrected chi connectivity index (χ1v) is 10.1. The number of nitrogens with one attached hydrogen (secondary N) is 2. The Morgan fingerprint density at radius 3 is 2.76 bits per heavy atom. The minimum atomic E-state index is -2.68. The first-order chi connectivity index (χ1) is 13.5. The Labute approximate surface area is 181 Å². The van der Waals surface area contributed by atoms with Gasteiger partial charge in [0.2, 0.25) is 4.20 Å². The summed E-state index contributed by atoms with van der Waals surface area (Å²) in [5.41, 5.74) is 5.87. The molecule has 29 heavy (non-hydrogen) atoms. The van der Waals surface area contributed by atoms with Gasteiger partial charge in [-0.2, -0.15) is 0 Å². The molecule has 3 aromatic rings.